The van der Waals surface area contributed by atoms with Gasteiger partial charge in [0, 0.05) is 28.0 Å². The summed E-state index contributed by atoms with van der Waals surface area (Å²) in [5.74, 6) is -0.984. The third kappa shape index (κ3) is 4.38. The largest absolute Gasteiger partial charge is 0.467 e. The topological polar surface area (TPSA) is 68.3 Å². The fraction of sp³-hybridized carbons (Fsp3) is 0.150. The Kier molecular flexibility index (Phi) is 5.94. The van der Waals surface area contributed by atoms with Crippen LogP contribution in [0.25, 0.3) is 10.9 Å². The van der Waals surface area contributed by atoms with E-state index in [9.17, 15) is 9.59 Å². The van der Waals surface area contributed by atoms with Gasteiger partial charge in [0.05, 0.1) is 18.2 Å². The van der Waals surface area contributed by atoms with Crippen molar-refractivity contribution in [3.05, 3.63) is 75.9 Å². The average Bonchev–Trinajstić information content (AvgIpc) is 2.68. The maximum absolute atomic E-state index is 12.8. The smallest absolute Gasteiger partial charge is 0.328 e. The Morgan fingerprint density at radius 3 is 2.67 bits per heavy atom. The molecule has 138 valence electrons. The lowest BCUT2D eigenvalue weighted by molar-refractivity contribution is -0.142. The van der Waals surface area contributed by atoms with E-state index >= 15 is 0 Å². The van der Waals surface area contributed by atoms with E-state index in [0.717, 1.165) is 5.39 Å². The van der Waals surface area contributed by atoms with Gasteiger partial charge in [-0.1, -0.05) is 47.5 Å². The van der Waals surface area contributed by atoms with Crippen molar-refractivity contribution in [2.24, 2.45) is 0 Å². The molecule has 0 bridgehead atoms. The van der Waals surface area contributed by atoms with Crippen LogP contribution < -0.4 is 5.32 Å². The second-order valence-corrected chi connectivity index (χ2v) is 6.71. The first kappa shape index (κ1) is 19.1. The summed E-state index contributed by atoms with van der Waals surface area (Å²) in [4.78, 5) is 29.3. The van der Waals surface area contributed by atoms with E-state index in [4.69, 9.17) is 27.9 Å². The molecule has 1 amide bonds. The number of hydrogen-bond acceptors (Lipinski definition) is 4. The van der Waals surface area contributed by atoms with E-state index < -0.39 is 17.9 Å². The lowest BCUT2D eigenvalue weighted by atomic mass is 10.0. The molecule has 1 N–H and O–H groups in total. The monoisotopic (exact) mass is 402 g/mol. The molecule has 0 aliphatic rings. The highest BCUT2D eigenvalue weighted by Gasteiger charge is 2.24. The molecule has 2 aromatic carbocycles. The quantitative estimate of drug-likeness (QED) is 0.653. The van der Waals surface area contributed by atoms with Gasteiger partial charge >= 0.3 is 5.97 Å². The van der Waals surface area contributed by atoms with Crippen LogP contribution in [0.4, 0.5) is 0 Å². The molecule has 1 aromatic heterocycles. The Morgan fingerprint density at radius 1 is 1.15 bits per heavy atom. The number of para-hydroxylation sites is 1. The van der Waals surface area contributed by atoms with Gasteiger partial charge in [-0.25, -0.2) is 4.79 Å². The SMILES string of the molecule is COC(=O)[C@@H](Cc1ccc(Cl)cc1Cl)NC(=O)c1cccc2cccnc12. The fourth-order valence-electron chi connectivity index (χ4n) is 2.77. The van der Waals surface area contributed by atoms with Gasteiger partial charge in [-0.15, -0.1) is 0 Å². The van der Waals surface area contributed by atoms with Gasteiger partial charge in [-0.2, -0.15) is 0 Å². The molecule has 0 fully saturated rings. The minimum absolute atomic E-state index is 0.173. The van der Waals surface area contributed by atoms with Crippen LogP contribution in [0.3, 0.4) is 0 Å². The zero-order chi connectivity index (χ0) is 19.4. The van der Waals surface area contributed by atoms with E-state index in [1.807, 2.05) is 12.1 Å². The number of nitrogens with one attached hydrogen (secondary N) is 1. The number of nitrogens with zero attached hydrogens (tertiary/aromatic N) is 1. The van der Waals surface area contributed by atoms with Crippen LogP contribution in [0.1, 0.15) is 15.9 Å². The van der Waals surface area contributed by atoms with Gasteiger partial charge in [0.15, 0.2) is 0 Å². The molecule has 5 nitrogen and oxygen atoms in total. The number of methoxy groups -OCH3 is 1. The number of carbonyl (C=O) groups is 2. The highest BCUT2D eigenvalue weighted by Crippen LogP contribution is 2.23. The van der Waals surface area contributed by atoms with E-state index in [1.54, 1.807) is 42.6 Å². The number of pyridine rings is 1. The van der Waals surface area contributed by atoms with Crippen LogP contribution in [0.15, 0.2) is 54.7 Å². The van der Waals surface area contributed by atoms with E-state index in [-0.39, 0.29) is 6.42 Å². The Labute approximate surface area is 166 Å². The zero-order valence-electron chi connectivity index (χ0n) is 14.4. The molecular formula is C20H16Cl2N2O3. The summed E-state index contributed by atoms with van der Waals surface area (Å²) in [7, 11) is 1.27. The van der Waals surface area contributed by atoms with Crippen LogP contribution >= 0.6 is 23.2 Å². The van der Waals surface area contributed by atoms with Crippen molar-refractivity contribution < 1.29 is 14.3 Å². The number of benzene rings is 2. The lowest BCUT2D eigenvalue weighted by Gasteiger charge is -2.18. The normalized spacial score (nSPS) is 11.8. The third-order valence-electron chi connectivity index (χ3n) is 4.11. The highest BCUT2D eigenvalue weighted by atomic mass is 35.5. The van der Waals surface area contributed by atoms with Gasteiger partial charge in [0.25, 0.3) is 5.91 Å². The van der Waals surface area contributed by atoms with Crippen LogP contribution in [-0.2, 0) is 16.0 Å². The first-order valence-electron chi connectivity index (χ1n) is 8.16. The minimum atomic E-state index is -0.903. The van der Waals surface area contributed by atoms with Gasteiger partial charge < -0.3 is 10.1 Å². The molecule has 0 spiro atoms. The van der Waals surface area contributed by atoms with Gasteiger partial charge in [0.1, 0.15) is 6.04 Å². The second-order valence-electron chi connectivity index (χ2n) is 5.87. The number of esters is 1. The fourth-order valence-corrected chi connectivity index (χ4v) is 3.25. The van der Waals surface area contributed by atoms with Crippen molar-refractivity contribution in [3.8, 4) is 0 Å². The van der Waals surface area contributed by atoms with E-state index in [1.165, 1.54) is 7.11 Å². The van der Waals surface area contributed by atoms with Gasteiger partial charge in [0.2, 0.25) is 0 Å². The standard InChI is InChI=1S/C20H16Cl2N2O3/c1-27-20(26)17(10-13-7-8-14(21)11-16(13)22)24-19(25)15-6-2-4-12-5-3-9-23-18(12)15/h2-9,11,17H,10H2,1H3,(H,24,25)/t17-/m1/s1. The summed E-state index contributed by atoms with van der Waals surface area (Å²) in [5.41, 5.74) is 1.61. The number of ether oxygens (including phenoxy) is 1. The van der Waals surface area contributed by atoms with Crippen molar-refractivity contribution in [3.63, 3.8) is 0 Å². The molecule has 3 aromatic rings. The van der Waals surface area contributed by atoms with Crippen LogP contribution in [0, 0.1) is 0 Å². The number of fused-ring (bicyclic) bond motifs is 1. The Bertz CT molecular complexity index is 1000. The van der Waals surface area contributed by atoms with Crippen molar-refractivity contribution in [2.75, 3.05) is 7.11 Å². The number of rotatable bonds is 5. The zero-order valence-corrected chi connectivity index (χ0v) is 15.9. The molecule has 0 radical (unpaired) electrons. The van der Waals surface area contributed by atoms with E-state index in [2.05, 4.69) is 10.3 Å². The number of halogens is 2. The third-order valence-corrected chi connectivity index (χ3v) is 4.69. The van der Waals surface area contributed by atoms with Crippen molar-refractivity contribution >= 4 is 46.0 Å². The first-order valence-corrected chi connectivity index (χ1v) is 8.91. The number of carbonyl (C=O) groups excluding carboxylic acids is 2. The predicted octanol–water partition coefficient (Wildman–Crippen LogP) is 4.06. The molecule has 27 heavy (non-hydrogen) atoms. The number of hydrogen-bond donors (Lipinski definition) is 1. The van der Waals surface area contributed by atoms with Crippen LogP contribution in [0.2, 0.25) is 10.0 Å². The lowest BCUT2D eigenvalue weighted by Crippen LogP contribution is -2.43. The number of aromatic nitrogens is 1. The Hall–Kier alpha value is -2.63. The molecular weight excluding hydrogens is 387 g/mol. The highest BCUT2D eigenvalue weighted by molar-refractivity contribution is 6.35. The van der Waals surface area contributed by atoms with Crippen molar-refractivity contribution in [1.82, 2.24) is 10.3 Å². The van der Waals surface area contributed by atoms with Crippen molar-refractivity contribution in [1.29, 1.82) is 0 Å². The molecule has 0 saturated carbocycles. The number of amides is 1. The van der Waals surface area contributed by atoms with Gasteiger partial charge in [-0.05, 0) is 29.8 Å². The molecule has 1 heterocycles. The van der Waals surface area contributed by atoms with Crippen LogP contribution in [-0.4, -0.2) is 30.0 Å². The maximum Gasteiger partial charge on any atom is 0.328 e. The summed E-state index contributed by atoms with van der Waals surface area (Å²) in [5, 5.41) is 4.46. The molecule has 1 atom stereocenters. The van der Waals surface area contributed by atoms with E-state index in [0.29, 0.717) is 26.7 Å². The summed E-state index contributed by atoms with van der Waals surface area (Å²) in [6, 6.07) is 13.0. The molecule has 0 saturated heterocycles. The Morgan fingerprint density at radius 2 is 1.93 bits per heavy atom. The Balaban J connectivity index is 1.88. The second kappa shape index (κ2) is 8.37. The van der Waals surface area contributed by atoms with Gasteiger partial charge in [-0.3, -0.25) is 9.78 Å². The first-order chi connectivity index (χ1) is 13.0. The summed E-state index contributed by atoms with van der Waals surface area (Å²) >= 11 is 12.1. The molecule has 0 unspecified atom stereocenters. The molecule has 0 aliphatic carbocycles. The molecule has 3 rings (SSSR count). The summed E-state index contributed by atoms with van der Waals surface area (Å²) in [6.45, 7) is 0. The summed E-state index contributed by atoms with van der Waals surface area (Å²) in [6.07, 6.45) is 1.79. The molecule has 0 aliphatic heterocycles. The maximum atomic E-state index is 12.8. The minimum Gasteiger partial charge on any atom is -0.467 e. The predicted molar refractivity (Wildman–Crippen MR) is 105 cm³/mol. The molecule has 7 heteroatoms. The summed E-state index contributed by atoms with van der Waals surface area (Å²) < 4.78 is 4.83. The average molecular weight is 403 g/mol. The van der Waals surface area contributed by atoms with Crippen LogP contribution in [0.5, 0.6) is 0 Å². The van der Waals surface area contributed by atoms with Crippen molar-refractivity contribution in [2.45, 2.75) is 12.5 Å².